The summed E-state index contributed by atoms with van der Waals surface area (Å²) in [6, 6.07) is 4.24. The third-order valence-electron chi connectivity index (χ3n) is 9.28. The minimum Gasteiger partial charge on any atom is -0.462 e. The number of ether oxygens (including phenoxy) is 2. The van der Waals surface area contributed by atoms with Crippen LogP contribution in [0, 0.1) is 23.2 Å². The molecule has 30 heavy (non-hydrogen) atoms. The van der Waals surface area contributed by atoms with Gasteiger partial charge in [0.05, 0.1) is 18.1 Å². The van der Waals surface area contributed by atoms with Gasteiger partial charge in [-0.05, 0) is 86.9 Å². The Morgan fingerprint density at radius 3 is 2.83 bits per heavy atom. The summed E-state index contributed by atoms with van der Waals surface area (Å²) < 4.78 is 12.0. The Bertz CT molecular complexity index is 802. The number of rotatable bonds is 3. The van der Waals surface area contributed by atoms with Crippen molar-refractivity contribution in [1.29, 1.82) is 0 Å². The van der Waals surface area contributed by atoms with Crippen LogP contribution in [0.3, 0.4) is 0 Å². The summed E-state index contributed by atoms with van der Waals surface area (Å²) in [7, 11) is 0. The molecular weight excluding hydrogens is 376 g/mol. The van der Waals surface area contributed by atoms with Crippen LogP contribution in [-0.2, 0) is 14.3 Å². The van der Waals surface area contributed by atoms with Gasteiger partial charge in [-0.1, -0.05) is 13.0 Å². The van der Waals surface area contributed by atoms with Crippen molar-refractivity contribution in [3.63, 3.8) is 0 Å². The van der Waals surface area contributed by atoms with E-state index < -0.39 is 0 Å². The number of piperidine rings is 1. The molecule has 1 aromatic rings. The first-order valence-electron chi connectivity index (χ1n) is 12.0. The molecule has 2 aliphatic carbocycles. The van der Waals surface area contributed by atoms with Crippen molar-refractivity contribution in [1.82, 2.24) is 9.88 Å². The fourth-order valence-corrected chi connectivity index (χ4v) is 7.51. The Kier molecular flexibility index (Phi) is 4.51. The summed E-state index contributed by atoms with van der Waals surface area (Å²) in [5.41, 5.74) is 1.78. The van der Waals surface area contributed by atoms with Crippen molar-refractivity contribution in [3.8, 4) is 0 Å². The molecule has 5 fully saturated rings. The number of esters is 1. The predicted molar refractivity (Wildman–Crippen MR) is 113 cm³/mol. The van der Waals surface area contributed by atoms with Crippen molar-refractivity contribution >= 4 is 5.97 Å². The fraction of sp³-hybridized carbons (Fsp3) is 0.760. The molecule has 2 saturated carbocycles. The van der Waals surface area contributed by atoms with Gasteiger partial charge in [-0.15, -0.1) is 0 Å². The van der Waals surface area contributed by atoms with Gasteiger partial charge in [0.25, 0.3) is 0 Å². The summed E-state index contributed by atoms with van der Waals surface area (Å²) in [6.07, 6.45) is 12.2. The molecule has 1 aromatic heterocycles. The van der Waals surface area contributed by atoms with Crippen LogP contribution in [-0.4, -0.2) is 53.8 Å². The van der Waals surface area contributed by atoms with Gasteiger partial charge in [0.1, 0.15) is 6.10 Å². The fourth-order valence-electron chi connectivity index (χ4n) is 7.51. The second-order valence-electron chi connectivity index (χ2n) is 11.0. The average Bonchev–Trinajstić information content (AvgIpc) is 3.46. The van der Waals surface area contributed by atoms with Crippen LogP contribution in [0.2, 0.25) is 0 Å². The molecule has 5 nitrogen and oxygen atoms in total. The molecule has 0 radical (unpaired) electrons. The smallest absolute Gasteiger partial charge is 0.310 e. The quantitative estimate of drug-likeness (QED) is 0.561. The van der Waals surface area contributed by atoms with Crippen molar-refractivity contribution < 1.29 is 14.3 Å². The highest BCUT2D eigenvalue weighted by Gasteiger charge is 2.65. The Labute approximate surface area is 179 Å². The highest BCUT2D eigenvalue weighted by Crippen LogP contribution is 2.62. The number of aromatic nitrogens is 1. The van der Waals surface area contributed by atoms with Crippen LogP contribution in [0.1, 0.15) is 63.4 Å². The maximum Gasteiger partial charge on any atom is 0.310 e. The van der Waals surface area contributed by atoms with Crippen LogP contribution < -0.4 is 0 Å². The lowest BCUT2D eigenvalue weighted by atomic mass is 9.53. The number of hydrogen-bond donors (Lipinski definition) is 0. The van der Waals surface area contributed by atoms with Gasteiger partial charge in [-0.25, -0.2) is 0 Å². The zero-order valence-electron chi connectivity index (χ0n) is 18.1. The lowest BCUT2D eigenvalue weighted by Crippen LogP contribution is -2.51. The summed E-state index contributed by atoms with van der Waals surface area (Å²) in [5, 5.41) is 0. The van der Waals surface area contributed by atoms with E-state index >= 15 is 0 Å². The van der Waals surface area contributed by atoms with E-state index in [2.05, 4.69) is 22.9 Å². The van der Waals surface area contributed by atoms with E-state index in [1.54, 1.807) is 0 Å². The first-order valence-corrected chi connectivity index (χ1v) is 12.0. The predicted octanol–water partition coefficient (Wildman–Crippen LogP) is 3.79. The molecule has 0 N–H and O–H groups in total. The Hall–Kier alpha value is -1.46. The third kappa shape index (κ3) is 3.12. The van der Waals surface area contributed by atoms with Crippen LogP contribution in [0.4, 0.5) is 0 Å². The number of carbonyl (C=O) groups is 1. The lowest BCUT2D eigenvalue weighted by molar-refractivity contribution is -0.147. The standard InChI is InChI=1S/C25H34N2O3/c1-24-7-3-8-25(16-29-25)22(24)12-19-20(23(28)30-21(19)13-24)15-27-10-5-17(6-11-27)18-4-2-9-26-14-18/h2,4,9,14,17,19-22H,3,5-8,10-13,15-16H2,1H3/t19-,20?,21-,22-,24-,25+/m1/s1. The van der Waals surface area contributed by atoms with Gasteiger partial charge in [0.15, 0.2) is 0 Å². The summed E-state index contributed by atoms with van der Waals surface area (Å²) in [5.74, 6) is 1.70. The van der Waals surface area contributed by atoms with Gasteiger partial charge in [-0.3, -0.25) is 9.78 Å². The molecule has 5 aliphatic rings. The van der Waals surface area contributed by atoms with Crippen molar-refractivity contribution in [2.45, 2.75) is 69.5 Å². The number of likely N-dealkylation sites (tertiary alicyclic amines) is 1. The minimum atomic E-state index is 0.0484. The number of epoxide rings is 1. The molecule has 6 rings (SSSR count). The van der Waals surface area contributed by atoms with Crippen LogP contribution in [0.15, 0.2) is 24.5 Å². The number of fused-ring (bicyclic) bond motifs is 3. The van der Waals surface area contributed by atoms with E-state index in [1.807, 2.05) is 18.5 Å². The second kappa shape index (κ2) is 7.03. The third-order valence-corrected chi connectivity index (χ3v) is 9.28. The van der Waals surface area contributed by atoms with E-state index in [0.29, 0.717) is 17.8 Å². The maximum atomic E-state index is 12.9. The van der Waals surface area contributed by atoms with E-state index in [1.165, 1.54) is 24.8 Å². The van der Waals surface area contributed by atoms with E-state index in [0.717, 1.165) is 51.9 Å². The zero-order chi connectivity index (χ0) is 20.3. The van der Waals surface area contributed by atoms with E-state index in [9.17, 15) is 4.79 Å². The highest BCUT2D eigenvalue weighted by atomic mass is 16.6. The van der Waals surface area contributed by atoms with Gasteiger partial charge in [0.2, 0.25) is 0 Å². The molecule has 1 unspecified atom stereocenters. The molecule has 3 aliphatic heterocycles. The number of pyridine rings is 1. The van der Waals surface area contributed by atoms with Gasteiger partial charge < -0.3 is 14.4 Å². The summed E-state index contributed by atoms with van der Waals surface area (Å²) >= 11 is 0. The monoisotopic (exact) mass is 410 g/mol. The minimum absolute atomic E-state index is 0.0484. The molecule has 0 amide bonds. The summed E-state index contributed by atoms with van der Waals surface area (Å²) in [6.45, 7) is 6.37. The largest absolute Gasteiger partial charge is 0.462 e. The molecule has 0 aromatic carbocycles. The number of nitrogens with zero attached hydrogens (tertiary/aromatic N) is 2. The highest BCUT2D eigenvalue weighted by molar-refractivity contribution is 5.75. The Morgan fingerprint density at radius 1 is 1.27 bits per heavy atom. The van der Waals surface area contributed by atoms with Gasteiger partial charge >= 0.3 is 5.97 Å². The van der Waals surface area contributed by atoms with Gasteiger partial charge in [0, 0.05) is 24.9 Å². The molecule has 1 spiro atoms. The Morgan fingerprint density at radius 2 is 2.10 bits per heavy atom. The molecular formula is C25H34N2O3. The number of hydrogen-bond acceptors (Lipinski definition) is 5. The van der Waals surface area contributed by atoms with E-state index in [4.69, 9.17) is 9.47 Å². The first kappa shape index (κ1) is 19.2. The zero-order valence-corrected chi connectivity index (χ0v) is 18.1. The number of carbonyl (C=O) groups excluding carboxylic acids is 1. The van der Waals surface area contributed by atoms with Crippen molar-refractivity contribution in [2.75, 3.05) is 26.2 Å². The maximum absolute atomic E-state index is 12.9. The molecule has 3 saturated heterocycles. The molecule has 5 heteroatoms. The topological polar surface area (TPSA) is 55.0 Å². The van der Waals surface area contributed by atoms with E-state index in [-0.39, 0.29) is 29.0 Å². The molecule has 0 bridgehead atoms. The summed E-state index contributed by atoms with van der Waals surface area (Å²) in [4.78, 5) is 19.7. The van der Waals surface area contributed by atoms with Crippen molar-refractivity contribution in [2.24, 2.45) is 23.2 Å². The SMILES string of the molecule is C[C@]12CCC[C@]3(CO3)[C@@H]1C[C@@H]1C(CN3CCC(c4cccnc4)CC3)C(=O)O[C@@H]1C2. The lowest BCUT2D eigenvalue weighted by Gasteiger charge is -2.51. The van der Waals surface area contributed by atoms with Gasteiger partial charge in [-0.2, -0.15) is 0 Å². The molecule has 4 heterocycles. The van der Waals surface area contributed by atoms with Crippen LogP contribution >= 0.6 is 0 Å². The average molecular weight is 411 g/mol. The first-order chi connectivity index (χ1) is 14.6. The Balaban J connectivity index is 1.12. The van der Waals surface area contributed by atoms with Crippen LogP contribution in [0.25, 0.3) is 0 Å². The van der Waals surface area contributed by atoms with Crippen LogP contribution in [0.5, 0.6) is 0 Å². The normalized spacial score (nSPS) is 43.8. The second-order valence-corrected chi connectivity index (χ2v) is 11.0. The molecule has 162 valence electrons. The van der Waals surface area contributed by atoms with Crippen molar-refractivity contribution in [3.05, 3.63) is 30.1 Å². The molecule has 6 atom stereocenters.